The number of ether oxygens (including phenoxy) is 1. The van der Waals surface area contributed by atoms with Crippen molar-refractivity contribution >= 4 is 78.2 Å². The highest BCUT2D eigenvalue weighted by atomic mass is 127. The lowest BCUT2D eigenvalue weighted by atomic mass is 9.99. The number of benzene rings is 2. The Labute approximate surface area is 205 Å². The van der Waals surface area contributed by atoms with Crippen molar-refractivity contribution < 1.29 is 4.74 Å². The lowest BCUT2D eigenvalue weighted by molar-refractivity contribution is 0.195. The predicted octanol–water partition coefficient (Wildman–Crippen LogP) is 5.98. The van der Waals surface area contributed by atoms with E-state index >= 15 is 0 Å². The summed E-state index contributed by atoms with van der Waals surface area (Å²) in [4.78, 5) is 17.3. The molecule has 152 valence electrons. The van der Waals surface area contributed by atoms with Crippen LogP contribution in [0.4, 0.5) is 0 Å². The van der Waals surface area contributed by atoms with Crippen LogP contribution in [0.2, 0.25) is 0 Å². The van der Waals surface area contributed by atoms with Crippen molar-refractivity contribution in [1.29, 1.82) is 0 Å². The Kier molecular flexibility index (Phi) is 7.04. The second-order valence-corrected chi connectivity index (χ2v) is 11.1. The first-order valence-corrected chi connectivity index (χ1v) is 11.9. The first-order chi connectivity index (χ1) is 13.5. The molecular formula is C21H20BrI2N3O2. The molecule has 2 aromatic carbocycles. The number of aryl methyl sites for hydroxylation is 1. The summed E-state index contributed by atoms with van der Waals surface area (Å²) in [7, 11) is 0. The molecule has 0 N–H and O–H groups in total. The van der Waals surface area contributed by atoms with E-state index in [4.69, 9.17) is 4.74 Å². The molecule has 8 heteroatoms. The third kappa shape index (κ3) is 5.57. The maximum absolute atomic E-state index is 12.9. The molecule has 3 rings (SSSR count). The number of rotatable bonds is 4. The van der Waals surface area contributed by atoms with Gasteiger partial charge in [-0.2, -0.15) is 9.78 Å². The van der Waals surface area contributed by atoms with Gasteiger partial charge in [0, 0.05) is 4.47 Å². The van der Waals surface area contributed by atoms with Crippen molar-refractivity contribution in [2.75, 3.05) is 6.61 Å². The van der Waals surface area contributed by atoms with Gasteiger partial charge in [0.1, 0.15) is 11.6 Å². The lowest BCUT2D eigenvalue weighted by Crippen LogP contribution is -2.20. The summed E-state index contributed by atoms with van der Waals surface area (Å²) in [6, 6.07) is 9.45. The van der Waals surface area contributed by atoms with Crippen LogP contribution in [0.3, 0.4) is 0 Å². The van der Waals surface area contributed by atoms with Crippen LogP contribution in [0.1, 0.15) is 32.2 Å². The molecule has 0 aliphatic carbocycles. The summed E-state index contributed by atoms with van der Waals surface area (Å²) >= 11 is 7.94. The molecule has 0 aliphatic rings. The van der Waals surface area contributed by atoms with Gasteiger partial charge in [-0.25, -0.2) is 4.98 Å². The van der Waals surface area contributed by atoms with Crippen molar-refractivity contribution in [2.45, 2.75) is 27.7 Å². The van der Waals surface area contributed by atoms with Crippen LogP contribution in [0.15, 0.2) is 44.7 Å². The zero-order chi connectivity index (χ0) is 21.3. The highest BCUT2D eigenvalue weighted by Crippen LogP contribution is 2.30. The zero-order valence-electron chi connectivity index (χ0n) is 16.5. The normalized spacial score (nSPS) is 12.1. The molecule has 0 saturated heterocycles. The van der Waals surface area contributed by atoms with E-state index in [9.17, 15) is 4.79 Å². The predicted molar refractivity (Wildman–Crippen MR) is 138 cm³/mol. The van der Waals surface area contributed by atoms with Crippen LogP contribution in [-0.4, -0.2) is 22.5 Å². The number of fused-ring (bicyclic) bond motifs is 1. The molecule has 0 aliphatic heterocycles. The van der Waals surface area contributed by atoms with Gasteiger partial charge in [0.15, 0.2) is 0 Å². The summed E-state index contributed by atoms with van der Waals surface area (Å²) in [5.74, 6) is 1.42. The average molecular weight is 680 g/mol. The average Bonchev–Trinajstić information content (AvgIpc) is 2.60. The Bertz CT molecular complexity index is 1140. The van der Waals surface area contributed by atoms with Gasteiger partial charge < -0.3 is 4.74 Å². The monoisotopic (exact) mass is 679 g/mol. The smallest absolute Gasteiger partial charge is 0.282 e. The van der Waals surface area contributed by atoms with Crippen LogP contribution in [0, 0.1) is 19.5 Å². The van der Waals surface area contributed by atoms with Crippen LogP contribution in [0.5, 0.6) is 5.75 Å². The molecule has 0 bridgehead atoms. The second-order valence-electron chi connectivity index (χ2n) is 7.85. The minimum atomic E-state index is -0.195. The van der Waals surface area contributed by atoms with Gasteiger partial charge in [0.25, 0.3) is 5.56 Å². The zero-order valence-corrected chi connectivity index (χ0v) is 22.4. The fourth-order valence-corrected chi connectivity index (χ4v) is 5.09. The van der Waals surface area contributed by atoms with E-state index in [1.807, 2.05) is 24.3 Å². The fraction of sp³-hybridized carbons (Fsp3) is 0.286. The van der Waals surface area contributed by atoms with E-state index in [0.717, 1.165) is 22.9 Å². The Morgan fingerprint density at radius 1 is 1.21 bits per heavy atom. The largest absolute Gasteiger partial charge is 0.491 e. The van der Waals surface area contributed by atoms with Gasteiger partial charge in [0.2, 0.25) is 0 Å². The molecule has 29 heavy (non-hydrogen) atoms. The van der Waals surface area contributed by atoms with Crippen molar-refractivity contribution in [3.05, 3.63) is 63.7 Å². The molecule has 0 fully saturated rings. The van der Waals surface area contributed by atoms with Gasteiger partial charge in [-0.05, 0) is 93.4 Å². The molecule has 3 aromatic rings. The molecule has 0 saturated carbocycles. The van der Waals surface area contributed by atoms with E-state index in [-0.39, 0.29) is 11.0 Å². The summed E-state index contributed by atoms with van der Waals surface area (Å²) in [5.41, 5.74) is 1.44. The van der Waals surface area contributed by atoms with E-state index in [0.29, 0.717) is 23.3 Å². The summed E-state index contributed by atoms with van der Waals surface area (Å²) in [6.07, 6.45) is 1.68. The molecule has 1 aromatic heterocycles. The Morgan fingerprint density at radius 3 is 2.48 bits per heavy atom. The molecule has 0 spiro atoms. The first kappa shape index (κ1) is 22.7. The maximum atomic E-state index is 12.9. The SMILES string of the molecule is Cc1nc2ccc(Br)cc2c(=O)n1N=Cc1cc(I)c(OCC(C)(C)C)c(I)c1. The topological polar surface area (TPSA) is 56.5 Å². The number of nitrogens with zero attached hydrogens (tertiary/aromatic N) is 3. The van der Waals surface area contributed by atoms with E-state index in [1.54, 1.807) is 19.2 Å². The Hall–Kier alpha value is -1.01. The van der Waals surface area contributed by atoms with Crippen LogP contribution in [0.25, 0.3) is 10.9 Å². The highest BCUT2D eigenvalue weighted by Gasteiger charge is 2.15. The van der Waals surface area contributed by atoms with Gasteiger partial charge in [-0.15, -0.1) is 0 Å². The van der Waals surface area contributed by atoms with Crippen molar-refractivity contribution in [3.8, 4) is 5.75 Å². The van der Waals surface area contributed by atoms with Gasteiger partial charge in [-0.1, -0.05) is 36.7 Å². The quantitative estimate of drug-likeness (QED) is 0.252. The maximum Gasteiger partial charge on any atom is 0.282 e. The minimum Gasteiger partial charge on any atom is -0.491 e. The lowest BCUT2D eigenvalue weighted by Gasteiger charge is -2.20. The van der Waals surface area contributed by atoms with Crippen LogP contribution >= 0.6 is 61.1 Å². The van der Waals surface area contributed by atoms with E-state index < -0.39 is 0 Å². The molecule has 1 heterocycles. The molecular weight excluding hydrogens is 660 g/mol. The van der Waals surface area contributed by atoms with Crippen molar-refractivity contribution in [2.24, 2.45) is 10.5 Å². The van der Waals surface area contributed by atoms with Gasteiger partial charge in [-0.3, -0.25) is 4.79 Å². The molecule has 0 radical (unpaired) electrons. The summed E-state index contributed by atoms with van der Waals surface area (Å²) < 4.78 is 10.2. The van der Waals surface area contributed by atoms with Crippen molar-refractivity contribution in [3.63, 3.8) is 0 Å². The van der Waals surface area contributed by atoms with E-state index in [2.05, 4.69) is 92.0 Å². The van der Waals surface area contributed by atoms with Crippen LogP contribution < -0.4 is 10.3 Å². The fourth-order valence-electron chi connectivity index (χ4n) is 2.60. The van der Waals surface area contributed by atoms with Crippen LogP contribution in [-0.2, 0) is 0 Å². The highest BCUT2D eigenvalue weighted by molar-refractivity contribution is 14.1. The summed E-state index contributed by atoms with van der Waals surface area (Å²) in [6.45, 7) is 8.84. The van der Waals surface area contributed by atoms with Crippen molar-refractivity contribution in [1.82, 2.24) is 9.66 Å². The molecule has 0 amide bonds. The number of hydrogen-bond acceptors (Lipinski definition) is 4. The molecule has 5 nitrogen and oxygen atoms in total. The minimum absolute atomic E-state index is 0.0864. The van der Waals surface area contributed by atoms with Gasteiger partial charge in [0.05, 0.1) is 30.9 Å². The first-order valence-electron chi connectivity index (χ1n) is 8.90. The Balaban J connectivity index is 1.95. The Morgan fingerprint density at radius 2 is 1.86 bits per heavy atom. The number of aromatic nitrogens is 2. The number of halogens is 3. The molecule has 0 unspecified atom stereocenters. The third-order valence-corrected chi connectivity index (χ3v) is 6.06. The van der Waals surface area contributed by atoms with E-state index in [1.165, 1.54) is 4.68 Å². The summed E-state index contributed by atoms with van der Waals surface area (Å²) in [5, 5.41) is 4.93. The third-order valence-electron chi connectivity index (χ3n) is 3.96. The molecule has 0 atom stereocenters. The standard InChI is InChI=1S/C21H20BrI2N3O2/c1-12-26-18-6-5-14(22)9-15(18)20(28)27(12)25-10-13-7-16(23)19(17(24)8-13)29-11-21(2,3)4/h5-10H,11H2,1-4H3. The van der Waals surface area contributed by atoms with Gasteiger partial charge >= 0.3 is 0 Å². The second kappa shape index (κ2) is 9.01. The number of hydrogen-bond donors (Lipinski definition) is 0.